The van der Waals surface area contributed by atoms with Crippen molar-refractivity contribution in [1.29, 1.82) is 0 Å². The second-order valence-electron chi connectivity index (χ2n) is 6.54. The van der Waals surface area contributed by atoms with E-state index < -0.39 is 0 Å². The summed E-state index contributed by atoms with van der Waals surface area (Å²) in [6.45, 7) is 12.1. The first-order valence-electron chi connectivity index (χ1n) is 10.0. The summed E-state index contributed by atoms with van der Waals surface area (Å²) < 4.78 is 1.80. The molecule has 0 unspecified atom stereocenters. The van der Waals surface area contributed by atoms with Gasteiger partial charge in [-0.3, -0.25) is 0 Å². The smallest absolute Gasteiger partial charge is 0.136 e. The third-order valence-corrected chi connectivity index (χ3v) is 8.07. The zero-order chi connectivity index (χ0) is 21.4. The lowest BCUT2D eigenvalue weighted by molar-refractivity contribution is 0.476. The molecule has 0 atom stereocenters. The van der Waals surface area contributed by atoms with Gasteiger partial charge in [-0.2, -0.15) is 0 Å². The van der Waals surface area contributed by atoms with E-state index in [9.17, 15) is 5.11 Å². The molecular weight excluding hydrogens is 437 g/mol. The zero-order valence-electron chi connectivity index (χ0n) is 17.6. The highest BCUT2D eigenvalue weighted by atomic mass is 32.2. The molecule has 3 nitrogen and oxygen atoms in total. The van der Waals surface area contributed by atoms with Gasteiger partial charge in [0, 0.05) is 48.6 Å². The zero-order valence-corrected chi connectivity index (χ0v) is 20.9. The van der Waals surface area contributed by atoms with Crippen molar-refractivity contribution in [3.05, 3.63) is 41.5 Å². The van der Waals surface area contributed by atoms with Crippen molar-refractivity contribution in [3.63, 3.8) is 0 Å². The van der Waals surface area contributed by atoms with Crippen LogP contribution in [0.25, 0.3) is 10.8 Å². The molecule has 0 amide bonds. The molecule has 2 rings (SSSR count). The van der Waals surface area contributed by atoms with E-state index in [0.717, 1.165) is 56.9 Å². The average molecular weight is 467 g/mol. The van der Waals surface area contributed by atoms with Crippen molar-refractivity contribution in [2.45, 2.75) is 39.2 Å². The highest BCUT2D eigenvalue weighted by Crippen LogP contribution is 2.36. The molecule has 0 aliphatic carbocycles. The highest BCUT2D eigenvalue weighted by Gasteiger charge is 2.15. The van der Waals surface area contributed by atoms with E-state index >= 15 is 0 Å². The van der Waals surface area contributed by atoms with Crippen LogP contribution in [0.15, 0.2) is 30.3 Å². The maximum Gasteiger partial charge on any atom is 0.136 e. The quantitative estimate of drug-likeness (QED) is 0.458. The average Bonchev–Trinajstić information content (AvgIpc) is 2.74. The minimum Gasteiger partial charge on any atom is -0.507 e. The molecule has 0 spiro atoms. The maximum atomic E-state index is 10.9. The minimum atomic E-state index is 0.357. The van der Waals surface area contributed by atoms with E-state index in [1.165, 1.54) is 5.56 Å². The van der Waals surface area contributed by atoms with Crippen LogP contribution in [0, 0.1) is 0 Å². The molecule has 7 heteroatoms. The highest BCUT2D eigenvalue weighted by molar-refractivity contribution is 8.22. The molecule has 0 fully saturated rings. The van der Waals surface area contributed by atoms with Crippen LogP contribution in [-0.4, -0.2) is 49.7 Å². The van der Waals surface area contributed by atoms with Crippen molar-refractivity contribution >= 4 is 67.4 Å². The number of benzene rings is 2. The van der Waals surface area contributed by atoms with Crippen molar-refractivity contribution < 1.29 is 5.11 Å². The normalized spacial score (nSPS) is 10.9. The maximum absolute atomic E-state index is 10.9. The summed E-state index contributed by atoms with van der Waals surface area (Å²) in [4.78, 5) is 4.36. The molecule has 0 heterocycles. The van der Waals surface area contributed by atoms with Gasteiger partial charge in [-0.25, -0.2) is 0 Å². The molecule has 29 heavy (non-hydrogen) atoms. The first kappa shape index (κ1) is 24.3. The Morgan fingerprint density at radius 2 is 1.24 bits per heavy atom. The Kier molecular flexibility index (Phi) is 10.0. The number of phenolic OH excluding ortho intramolecular Hbond substituents is 1. The monoisotopic (exact) mass is 466 g/mol. The lowest BCUT2D eigenvalue weighted by Crippen LogP contribution is -2.26. The van der Waals surface area contributed by atoms with E-state index in [-0.39, 0.29) is 0 Å². The Bertz CT molecular complexity index is 848. The van der Waals surface area contributed by atoms with Gasteiger partial charge in [0.15, 0.2) is 0 Å². The first-order chi connectivity index (χ1) is 14.0. The Balaban J connectivity index is 2.27. The Morgan fingerprint density at radius 3 is 1.72 bits per heavy atom. The van der Waals surface area contributed by atoms with Crippen molar-refractivity contribution in [1.82, 2.24) is 9.80 Å². The fraction of sp³-hybridized carbons (Fsp3) is 0.455. The molecular formula is C22H30N2OS4. The van der Waals surface area contributed by atoms with Gasteiger partial charge < -0.3 is 14.9 Å². The number of rotatable bonds is 8. The Morgan fingerprint density at radius 1 is 0.793 bits per heavy atom. The van der Waals surface area contributed by atoms with Crippen molar-refractivity contribution in [2.75, 3.05) is 26.2 Å². The fourth-order valence-electron chi connectivity index (χ4n) is 3.15. The van der Waals surface area contributed by atoms with Gasteiger partial charge in [-0.05, 0) is 44.7 Å². The second kappa shape index (κ2) is 12.0. The van der Waals surface area contributed by atoms with Crippen LogP contribution < -0.4 is 0 Å². The number of thiocarbonyl (C=S) groups is 2. The predicted octanol–water partition coefficient (Wildman–Crippen LogP) is 6.27. The van der Waals surface area contributed by atoms with Crippen LogP contribution in [-0.2, 0) is 11.5 Å². The summed E-state index contributed by atoms with van der Waals surface area (Å²) in [6, 6.07) is 10.2. The minimum absolute atomic E-state index is 0.357. The number of hydrogen-bond acceptors (Lipinski definition) is 5. The number of nitrogens with zero attached hydrogens (tertiary/aromatic N) is 2. The van der Waals surface area contributed by atoms with E-state index in [4.69, 9.17) is 24.4 Å². The predicted molar refractivity (Wildman–Crippen MR) is 139 cm³/mol. The van der Waals surface area contributed by atoms with Gasteiger partial charge >= 0.3 is 0 Å². The van der Waals surface area contributed by atoms with E-state index in [2.05, 4.69) is 49.6 Å². The van der Waals surface area contributed by atoms with Crippen molar-refractivity contribution in [2.24, 2.45) is 0 Å². The third-order valence-electron chi connectivity index (χ3n) is 4.93. The summed E-state index contributed by atoms with van der Waals surface area (Å²) in [5.74, 6) is 1.80. The summed E-state index contributed by atoms with van der Waals surface area (Å²) in [7, 11) is 0. The third kappa shape index (κ3) is 6.23. The Labute approximate surface area is 194 Å². The fourth-order valence-corrected chi connectivity index (χ4v) is 5.92. The topological polar surface area (TPSA) is 26.7 Å². The summed E-state index contributed by atoms with van der Waals surface area (Å²) >= 11 is 14.5. The van der Waals surface area contributed by atoms with Gasteiger partial charge in [-0.15, -0.1) is 0 Å². The Hall–Kier alpha value is -1.02. The standard InChI is InChI=1S/C22H30N2OS4/c1-5-23(6-2)21(26)28-14-16-13-17(15-29-22(27)24(7-3)8-4)20(25)19-12-10-9-11-18(16)19/h9-13,25H,5-8,14-15H2,1-4H3. The molecule has 0 saturated heterocycles. The summed E-state index contributed by atoms with van der Waals surface area (Å²) in [5.41, 5.74) is 2.12. The number of thioether (sulfide) groups is 2. The molecule has 158 valence electrons. The molecule has 2 aromatic rings. The second-order valence-corrected chi connectivity index (χ2v) is 9.76. The van der Waals surface area contributed by atoms with Gasteiger partial charge in [-0.1, -0.05) is 72.2 Å². The van der Waals surface area contributed by atoms with Gasteiger partial charge in [0.05, 0.1) is 0 Å². The lowest BCUT2D eigenvalue weighted by Gasteiger charge is -2.22. The number of phenols is 1. The number of fused-ring (bicyclic) bond motifs is 1. The van der Waals surface area contributed by atoms with E-state index in [1.54, 1.807) is 23.5 Å². The van der Waals surface area contributed by atoms with Crippen LogP contribution >= 0.6 is 48.0 Å². The molecule has 0 radical (unpaired) electrons. The van der Waals surface area contributed by atoms with Crippen LogP contribution in [0.1, 0.15) is 38.8 Å². The largest absolute Gasteiger partial charge is 0.507 e. The molecule has 0 aliphatic heterocycles. The molecule has 2 aromatic carbocycles. The van der Waals surface area contributed by atoms with E-state index in [1.807, 2.05) is 18.2 Å². The summed E-state index contributed by atoms with van der Waals surface area (Å²) in [5, 5.41) is 12.8. The van der Waals surface area contributed by atoms with Crippen LogP contribution in [0.3, 0.4) is 0 Å². The van der Waals surface area contributed by atoms with Crippen LogP contribution in [0.5, 0.6) is 5.75 Å². The van der Waals surface area contributed by atoms with Crippen LogP contribution in [0.4, 0.5) is 0 Å². The lowest BCUT2D eigenvalue weighted by atomic mass is 10.0. The summed E-state index contributed by atoms with van der Waals surface area (Å²) in [6.07, 6.45) is 0. The number of aromatic hydroxyl groups is 1. The van der Waals surface area contributed by atoms with Gasteiger partial charge in [0.25, 0.3) is 0 Å². The first-order valence-corrected chi connectivity index (χ1v) is 12.8. The van der Waals surface area contributed by atoms with Gasteiger partial charge in [0.2, 0.25) is 0 Å². The molecule has 0 aromatic heterocycles. The molecule has 1 N–H and O–H groups in total. The molecule has 0 bridgehead atoms. The number of hydrogen-bond donors (Lipinski definition) is 1. The SMILES string of the molecule is CCN(CC)C(=S)SCc1cc(CSC(=S)N(CC)CC)c2ccccc2c1O. The molecule has 0 saturated carbocycles. The van der Waals surface area contributed by atoms with Crippen LogP contribution in [0.2, 0.25) is 0 Å². The van der Waals surface area contributed by atoms with Gasteiger partial charge in [0.1, 0.15) is 14.4 Å². The van der Waals surface area contributed by atoms with Crippen molar-refractivity contribution in [3.8, 4) is 5.75 Å². The molecule has 0 aliphatic rings. The van der Waals surface area contributed by atoms with E-state index in [0.29, 0.717) is 11.5 Å².